The molecular weight excluding hydrogens is 398 g/mol. The Morgan fingerprint density at radius 2 is 0.840 bits per heavy atom. The molecule has 14 heteroatoms. The normalized spacial score (nSPS) is 21.4. The van der Waals surface area contributed by atoms with Gasteiger partial charge in [-0.05, 0) is 0 Å². The summed E-state index contributed by atoms with van der Waals surface area (Å²) in [5.74, 6) is -27.7. The van der Waals surface area contributed by atoms with Gasteiger partial charge in [0.1, 0.15) is 0 Å². The number of benzene rings is 1. The van der Waals surface area contributed by atoms with Crippen LogP contribution in [0.15, 0.2) is 0 Å². The summed E-state index contributed by atoms with van der Waals surface area (Å²) in [5, 5.41) is 0. The molecule has 0 radical (unpaired) electrons. The van der Waals surface area contributed by atoms with E-state index in [2.05, 4.69) is 0 Å². The number of alkyl halides is 10. The third kappa shape index (κ3) is 1.85. The summed E-state index contributed by atoms with van der Waals surface area (Å²) in [6.45, 7) is 0. The Morgan fingerprint density at radius 1 is 0.520 bits per heavy atom. The standard InChI is InChI=1S/C11F14/c12-3-1-2(4(13)6(15)5(3)14)8(16,17)9(18,19)7(1,10(20,21)22)11(23,24)25. The van der Waals surface area contributed by atoms with Gasteiger partial charge in [-0.1, -0.05) is 0 Å². The van der Waals surface area contributed by atoms with Crippen LogP contribution < -0.4 is 0 Å². The molecule has 1 aromatic rings. The highest BCUT2D eigenvalue weighted by atomic mass is 19.4. The highest BCUT2D eigenvalue weighted by Gasteiger charge is 2.94. The predicted octanol–water partition coefficient (Wildman–Crippen LogP) is 5.35. The fourth-order valence-electron chi connectivity index (χ4n) is 2.63. The topological polar surface area (TPSA) is 0 Å². The van der Waals surface area contributed by atoms with Crippen LogP contribution in [0.1, 0.15) is 11.1 Å². The smallest absolute Gasteiger partial charge is 0.203 e. The molecule has 0 atom stereocenters. The van der Waals surface area contributed by atoms with Crippen molar-refractivity contribution in [2.45, 2.75) is 29.6 Å². The quantitative estimate of drug-likeness (QED) is 0.314. The first kappa shape index (κ1) is 19.6. The zero-order valence-electron chi connectivity index (χ0n) is 10.8. The van der Waals surface area contributed by atoms with Crippen LogP contribution in [0, 0.1) is 23.3 Å². The first-order valence-electron chi connectivity index (χ1n) is 5.65. The fourth-order valence-corrected chi connectivity index (χ4v) is 2.63. The highest BCUT2D eigenvalue weighted by molar-refractivity contribution is 5.53. The molecule has 1 aliphatic rings. The Bertz CT molecular complexity index is 723. The maximum Gasteiger partial charge on any atom is 0.413 e. The van der Waals surface area contributed by atoms with Crippen LogP contribution in [0.3, 0.4) is 0 Å². The molecule has 2 rings (SSSR count). The summed E-state index contributed by atoms with van der Waals surface area (Å²) in [6.07, 6.45) is -14.8. The lowest BCUT2D eigenvalue weighted by Gasteiger charge is -2.39. The minimum absolute atomic E-state index is 3.27. The lowest BCUT2D eigenvalue weighted by atomic mass is 9.77. The molecule has 0 spiro atoms. The second kappa shape index (κ2) is 4.69. The Hall–Kier alpha value is -1.76. The van der Waals surface area contributed by atoms with Gasteiger partial charge in [0.25, 0.3) is 5.41 Å². The molecule has 0 heterocycles. The van der Waals surface area contributed by atoms with Crippen LogP contribution in [-0.2, 0) is 11.3 Å². The second-order valence-electron chi connectivity index (χ2n) is 4.90. The number of rotatable bonds is 0. The van der Waals surface area contributed by atoms with E-state index in [-0.39, 0.29) is 0 Å². The van der Waals surface area contributed by atoms with Gasteiger partial charge in [-0.2, -0.15) is 43.9 Å². The molecule has 0 aromatic heterocycles. The van der Waals surface area contributed by atoms with Crippen molar-refractivity contribution in [3.05, 3.63) is 34.4 Å². The molecule has 0 fully saturated rings. The van der Waals surface area contributed by atoms with Crippen molar-refractivity contribution in [3.63, 3.8) is 0 Å². The molecular formula is C11F14. The summed E-state index contributed by atoms with van der Waals surface area (Å²) < 4.78 is 185. The Kier molecular flexibility index (Phi) is 3.67. The van der Waals surface area contributed by atoms with E-state index < -0.39 is 64.0 Å². The van der Waals surface area contributed by atoms with E-state index >= 15 is 0 Å². The molecule has 0 aliphatic heterocycles. The largest absolute Gasteiger partial charge is 0.413 e. The average Bonchev–Trinajstić information content (AvgIpc) is 2.54. The number of halogens is 14. The van der Waals surface area contributed by atoms with Gasteiger partial charge in [0.05, 0.1) is 5.56 Å². The van der Waals surface area contributed by atoms with Gasteiger partial charge in [-0.15, -0.1) is 0 Å². The van der Waals surface area contributed by atoms with Gasteiger partial charge in [-0.3, -0.25) is 0 Å². The molecule has 25 heavy (non-hydrogen) atoms. The Balaban J connectivity index is 3.27. The van der Waals surface area contributed by atoms with E-state index in [4.69, 9.17) is 0 Å². The second-order valence-corrected chi connectivity index (χ2v) is 4.90. The van der Waals surface area contributed by atoms with Crippen LogP contribution in [0.4, 0.5) is 61.5 Å². The van der Waals surface area contributed by atoms with Crippen molar-refractivity contribution in [1.29, 1.82) is 0 Å². The van der Waals surface area contributed by atoms with Crippen molar-refractivity contribution < 1.29 is 61.5 Å². The summed E-state index contributed by atoms with van der Waals surface area (Å²) >= 11 is 0. The third-order valence-electron chi connectivity index (χ3n) is 3.67. The maximum atomic E-state index is 13.7. The van der Waals surface area contributed by atoms with E-state index in [1.54, 1.807) is 0 Å². The zero-order valence-corrected chi connectivity index (χ0v) is 10.8. The Morgan fingerprint density at radius 3 is 1.16 bits per heavy atom. The van der Waals surface area contributed by atoms with E-state index in [1.165, 1.54) is 0 Å². The van der Waals surface area contributed by atoms with E-state index in [0.29, 0.717) is 0 Å². The lowest BCUT2D eigenvalue weighted by molar-refractivity contribution is -0.385. The molecule has 0 saturated heterocycles. The van der Waals surface area contributed by atoms with Gasteiger partial charge >= 0.3 is 24.2 Å². The summed E-state index contributed by atoms with van der Waals surface area (Å²) in [5.41, 5.74) is -14.3. The maximum absolute atomic E-state index is 13.7. The summed E-state index contributed by atoms with van der Waals surface area (Å²) in [7, 11) is 0. The van der Waals surface area contributed by atoms with Crippen LogP contribution in [0.2, 0.25) is 0 Å². The minimum atomic E-state index is -7.39. The molecule has 0 unspecified atom stereocenters. The Labute approximate surface area is 127 Å². The third-order valence-corrected chi connectivity index (χ3v) is 3.67. The first-order valence-corrected chi connectivity index (χ1v) is 5.65. The van der Waals surface area contributed by atoms with Gasteiger partial charge in [-0.25, -0.2) is 17.6 Å². The first-order chi connectivity index (χ1) is 10.9. The van der Waals surface area contributed by atoms with Crippen molar-refractivity contribution in [2.75, 3.05) is 0 Å². The highest BCUT2D eigenvalue weighted by Crippen LogP contribution is 2.72. The molecule has 0 nitrogen and oxygen atoms in total. The number of fused-ring (bicyclic) bond motifs is 1. The van der Waals surface area contributed by atoms with Crippen molar-refractivity contribution in [2.24, 2.45) is 0 Å². The van der Waals surface area contributed by atoms with Crippen LogP contribution >= 0.6 is 0 Å². The number of hydrogen-bond donors (Lipinski definition) is 0. The summed E-state index contributed by atoms with van der Waals surface area (Å²) in [4.78, 5) is 0. The van der Waals surface area contributed by atoms with Crippen LogP contribution in [0.25, 0.3) is 0 Å². The predicted molar refractivity (Wildman–Crippen MR) is 48.9 cm³/mol. The monoisotopic (exact) mass is 398 g/mol. The van der Waals surface area contributed by atoms with Gasteiger partial charge in [0.2, 0.25) is 0 Å². The van der Waals surface area contributed by atoms with Crippen molar-refractivity contribution >= 4 is 0 Å². The molecule has 0 amide bonds. The van der Waals surface area contributed by atoms with Crippen molar-refractivity contribution in [1.82, 2.24) is 0 Å². The zero-order chi connectivity index (χ0) is 20.0. The van der Waals surface area contributed by atoms with E-state index in [1.807, 2.05) is 0 Å². The fraction of sp³-hybridized carbons (Fsp3) is 0.455. The summed E-state index contributed by atoms with van der Waals surface area (Å²) in [6, 6.07) is 0. The SMILES string of the molecule is Fc1c(F)c(F)c2c(c1F)C(F)(F)C(F)(F)C2(C(F)(F)F)C(F)(F)F. The van der Waals surface area contributed by atoms with Crippen LogP contribution in [0.5, 0.6) is 0 Å². The number of hydrogen-bond acceptors (Lipinski definition) is 0. The van der Waals surface area contributed by atoms with Gasteiger partial charge < -0.3 is 0 Å². The average molecular weight is 398 g/mol. The molecule has 0 bridgehead atoms. The van der Waals surface area contributed by atoms with E-state index in [9.17, 15) is 61.5 Å². The minimum Gasteiger partial charge on any atom is -0.203 e. The molecule has 142 valence electrons. The van der Waals surface area contributed by atoms with Crippen LogP contribution in [-0.4, -0.2) is 18.3 Å². The van der Waals surface area contributed by atoms with Crippen molar-refractivity contribution in [3.8, 4) is 0 Å². The molecule has 0 N–H and O–H groups in total. The lowest BCUT2D eigenvalue weighted by Crippen LogP contribution is -2.65. The molecule has 1 aliphatic carbocycles. The molecule has 1 aromatic carbocycles. The molecule has 0 saturated carbocycles. The van der Waals surface area contributed by atoms with Gasteiger partial charge in [0, 0.05) is 5.56 Å². The van der Waals surface area contributed by atoms with Gasteiger partial charge in [0.15, 0.2) is 23.3 Å². The van der Waals surface area contributed by atoms with E-state index in [0.717, 1.165) is 0 Å².